The quantitative estimate of drug-likeness (QED) is 0.757. The fourth-order valence-corrected chi connectivity index (χ4v) is 2.89. The van der Waals surface area contributed by atoms with Crippen LogP contribution in [-0.4, -0.2) is 22.0 Å². The molecule has 3 N–H and O–H groups in total. The Hall–Kier alpha value is -3.34. The van der Waals surface area contributed by atoms with Crippen LogP contribution >= 0.6 is 0 Å². The number of nitrogen functional groups attached to an aromatic ring is 1. The Bertz CT molecular complexity index is 1010. The van der Waals surface area contributed by atoms with Crippen LogP contribution < -0.4 is 21.9 Å². The Morgan fingerprint density at radius 2 is 2.07 bits per heavy atom. The van der Waals surface area contributed by atoms with Crippen LogP contribution in [-0.2, 0) is 6.54 Å². The lowest BCUT2D eigenvalue weighted by atomic mass is 10.1. The third-order valence-electron chi connectivity index (χ3n) is 4.25. The zero-order valence-corrected chi connectivity index (χ0v) is 16.4. The van der Waals surface area contributed by atoms with E-state index in [-0.39, 0.29) is 29.5 Å². The molecule has 0 aliphatic heterocycles. The van der Waals surface area contributed by atoms with Gasteiger partial charge in [-0.3, -0.25) is 19.1 Å². The van der Waals surface area contributed by atoms with E-state index < -0.39 is 17.2 Å². The molecule has 0 radical (unpaired) electrons. The maximum absolute atomic E-state index is 13.2. The lowest BCUT2D eigenvalue weighted by Crippen LogP contribution is -2.42. The lowest BCUT2D eigenvalue weighted by Gasteiger charge is -2.26. The summed E-state index contributed by atoms with van der Waals surface area (Å²) in [6, 6.07) is 8.24. The minimum atomic E-state index is -0.708. The second-order valence-electron chi connectivity index (χ2n) is 7.00. The summed E-state index contributed by atoms with van der Waals surface area (Å²) in [6.07, 6.45) is 1.55. The van der Waals surface area contributed by atoms with Gasteiger partial charge in [-0.05, 0) is 30.5 Å². The summed E-state index contributed by atoms with van der Waals surface area (Å²) < 4.78 is 1.28. The van der Waals surface area contributed by atoms with Crippen LogP contribution in [0.3, 0.4) is 0 Å². The molecule has 1 amide bonds. The minimum Gasteiger partial charge on any atom is -0.383 e. The zero-order chi connectivity index (χ0) is 20.8. The summed E-state index contributed by atoms with van der Waals surface area (Å²) in [7, 11) is 0. The number of carbonyl (C=O) groups excluding carboxylic acids is 1. The number of hydrogen-bond acceptors (Lipinski definition) is 5. The third kappa shape index (κ3) is 4.49. The molecule has 0 spiro atoms. The highest BCUT2D eigenvalue weighted by molar-refractivity contribution is 6.07. The minimum absolute atomic E-state index is 0.0346. The standard InChI is InChI=1S/C20H25N5O3/c1-4-5-9-24-17(22)16(18(26)23-20(24)28)25(12-13(2)3)19(27)15-8-6-7-14(10-15)11-21/h6-8,10,13H,4-5,9,12,22H2,1-3H3,(H,23,26,28). The molecule has 0 saturated heterocycles. The summed E-state index contributed by atoms with van der Waals surface area (Å²) in [4.78, 5) is 41.5. The van der Waals surface area contributed by atoms with E-state index >= 15 is 0 Å². The summed E-state index contributed by atoms with van der Waals surface area (Å²) in [5.74, 6) is -0.450. The molecular formula is C20H25N5O3. The molecule has 0 bridgehead atoms. The van der Waals surface area contributed by atoms with Gasteiger partial charge < -0.3 is 10.6 Å². The number of hydrogen-bond donors (Lipinski definition) is 2. The maximum Gasteiger partial charge on any atom is 0.330 e. The van der Waals surface area contributed by atoms with E-state index in [0.29, 0.717) is 18.5 Å². The van der Waals surface area contributed by atoms with Crippen molar-refractivity contribution in [1.29, 1.82) is 5.26 Å². The fraction of sp³-hybridized carbons (Fsp3) is 0.400. The molecule has 8 heteroatoms. The number of rotatable bonds is 7. The molecule has 2 rings (SSSR count). The maximum atomic E-state index is 13.2. The van der Waals surface area contributed by atoms with Crippen molar-refractivity contribution in [1.82, 2.24) is 9.55 Å². The summed E-state index contributed by atoms with van der Waals surface area (Å²) >= 11 is 0. The number of nitrogens with zero attached hydrogens (tertiary/aromatic N) is 3. The SMILES string of the molecule is CCCCn1c(N)c(N(CC(C)C)C(=O)c2cccc(C#N)c2)c(=O)[nH]c1=O. The van der Waals surface area contributed by atoms with Crippen molar-refractivity contribution >= 4 is 17.4 Å². The van der Waals surface area contributed by atoms with E-state index in [4.69, 9.17) is 11.0 Å². The first-order valence-electron chi connectivity index (χ1n) is 9.24. The molecule has 0 fully saturated rings. The van der Waals surface area contributed by atoms with Gasteiger partial charge in [-0.2, -0.15) is 5.26 Å². The van der Waals surface area contributed by atoms with E-state index in [1.54, 1.807) is 18.2 Å². The van der Waals surface area contributed by atoms with Gasteiger partial charge in [0.15, 0.2) is 5.69 Å². The van der Waals surface area contributed by atoms with Crippen LogP contribution in [0.1, 0.15) is 49.5 Å². The molecule has 0 aliphatic rings. The van der Waals surface area contributed by atoms with Crippen molar-refractivity contribution in [3.8, 4) is 6.07 Å². The van der Waals surface area contributed by atoms with Gasteiger partial charge in [-0.1, -0.05) is 33.3 Å². The number of carbonyl (C=O) groups is 1. The Balaban J connectivity index is 2.63. The normalized spacial score (nSPS) is 10.7. The molecule has 0 saturated carbocycles. The zero-order valence-electron chi connectivity index (χ0n) is 16.4. The molecule has 0 aliphatic carbocycles. The van der Waals surface area contributed by atoms with Gasteiger partial charge in [0.05, 0.1) is 11.6 Å². The first-order valence-corrected chi connectivity index (χ1v) is 9.24. The van der Waals surface area contributed by atoms with Gasteiger partial charge in [-0.15, -0.1) is 0 Å². The van der Waals surface area contributed by atoms with Gasteiger partial charge in [0, 0.05) is 18.7 Å². The smallest absolute Gasteiger partial charge is 0.330 e. The van der Waals surface area contributed by atoms with Crippen molar-refractivity contribution in [2.75, 3.05) is 17.2 Å². The number of benzene rings is 1. The summed E-state index contributed by atoms with van der Waals surface area (Å²) in [5.41, 5.74) is 5.43. The Labute approximate surface area is 163 Å². The van der Waals surface area contributed by atoms with Crippen LogP contribution in [0.2, 0.25) is 0 Å². The lowest BCUT2D eigenvalue weighted by molar-refractivity contribution is 0.0983. The van der Waals surface area contributed by atoms with Crippen molar-refractivity contribution in [3.05, 3.63) is 56.2 Å². The van der Waals surface area contributed by atoms with Gasteiger partial charge in [0.2, 0.25) is 0 Å². The first kappa shape index (κ1) is 21.0. The van der Waals surface area contributed by atoms with E-state index in [1.165, 1.54) is 15.5 Å². The highest BCUT2D eigenvalue weighted by atomic mass is 16.2. The molecule has 8 nitrogen and oxygen atoms in total. The van der Waals surface area contributed by atoms with Gasteiger partial charge >= 0.3 is 5.69 Å². The summed E-state index contributed by atoms with van der Waals surface area (Å²) in [5, 5.41) is 9.09. The average molecular weight is 383 g/mol. The molecule has 1 aromatic carbocycles. The molecule has 1 heterocycles. The third-order valence-corrected chi connectivity index (χ3v) is 4.25. The van der Waals surface area contributed by atoms with E-state index in [1.807, 2.05) is 26.8 Å². The van der Waals surface area contributed by atoms with Crippen LogP contribution in [0.25, 0.3) is 0 Å². The molecule has 148 valence electrons. The predicted octanol–water partition coefficient (Wildman–Crippen LogP) is 2.09. The number of H-pyrrole nitrogens is 1. The van der Waals surface area contributed by atoms with Crippen molar-refractivity contribution in [3.63, 3.8) is 0 Å². The van der Waals surface area contributed by atoms with E-state index in [0.717, 1.165) is 6.42 Å². The Kier molecular flexibility index (Phi) is 6.77. The number of aromatic nitrogens is 2. The van der Waals surface area contributed by atoms with Crippen LogP contribution in [0.5, 0.6) is 0 Å². The Morgan fingerprint density at radius 1 is 1.36 bits per heavy atom. The number of unbranched alkanes of at least 4 members (excludes halogenated alkanes) is 1. The molecule has 0 unspecified atom stereocenters. The highest BCUT2D eigenvalue weighted by Crippen LogP contribution is 2.21. The van der Waals surface area contributed by atoms with Gasteiger partial charge in [0.25, 0.3) is 11.5 Å². The topological polar surface area (TPSA) is 125 Å². The average Bonchev–Trinajstić information content (AvgIpc) is 2.66. The number of nitrogens with two attached hydrogens (primary N) is 1. The number of aromatic amines is 1. The van der Waals surface area contributed by atoms with Crippen molar-refractivity contribution in [2.45, 2.75) is 40.2 Å². The van der Waals surface area contributed by atoms with E-state index in [2.05, 4.69) is 4.98 Å². The van der Waals surface area contributed by atoms with Crippen LogP contribution in [0, 0.1) is 17.2 Å². The van der Waals surface area contributed by atoms with Gasteiger partial charge in [-0.25, -0.2) is 4.79 Å². The molecular weight excluding hydrogens is 358 g/mol. The number of nitriles is 1. The highest BCUT2D eigenvalue weighted by Gasteiger charge is 2.26. The Morgan fingerprint density at radius 3 is 2.68 bits per heavy atom. The van der Waals surface area contributed by atoms with Gasteiger partial charge in [0.1, 0.15) is 5.82 Å². The first-order chi connectivity index (χ1) is 13.3. The van der Waals surface area contributed by atoms with Crippen molar-refractivity contribution < 1.29 is 4.79 Å². The van der Waals surface area contributed by atoms with Crippen LogP contribution in [0.4, 0.5) is 11.5 Å². The monoisotopic (exact) mass is 383 g/mol. The van der Waals surface area contributed by atoms with Crippen LogP contribution in [0.15, 0.2) is 33.9 Å². The molecule has 2 aromatic rings. The van der Waals surface area contributed by atoms with Crippen molar-refractivity contribution in [2.24, 2.45) is 5.92 Å². The number of amides is 1. The molecule has 1 aromatic heterocycles. The number of anilines is 2. The second kappa shape index (κ2) is 9.04. The predicted molar refractivity (Wildman–Crippen MR) is 108 cm³/mol. The summed E-state index contributed by atoms with van der Waals surface area (Å²) in [6.45, 7) is 6.37. The largest absolute Gasteiger partial charge is 0.383 e. The molecule has 0 atom stereocenters. The number of nitrogens with one attached hydrogen (secondary N) is 1. The molecule has 28 heavy (non-hydrogen) atoms. The second-order valence-corrected chi connectivity index (χ2v) is 7.00. The fourth-order valence-electron chi connectivity index (χ4n) is 2.89. The van der Waals surface area contributed by atoms with E-state index in [9.17, 15) is 14.4 Å².